The van der Waals surface area contributed by atoms with Crippen molar-refractivity contribution in [3.8, 4) is 0 Å². The Hall–Kier alpha value is -2.62. The molecule has 25 heavy (non-hydrogen) atoms. The van der Waals surface area contributed by atoms with Crippen molar-refractivity contribution < 1.29 is 14.7 Å². The standard InChI is InChI=1S/C21H23NO3/c1-14-5-6-15(2)18(12-14)19-4-3-11-22(19)20(23)13-16-7-9-17(10-8-16)21(24)25/h5-10,12,19H,3-4,11,13H2,1-2H3,(H,24,25). The fourth-order valence-electron chi connectivity index (χ4n) is 3.55. The molecule has 1 fully saturated rings. The predicted octanol–water partition coefficient (Wildman–Crippen LogP) is 3.91. The van der Waals surface area contributed by atoms with Crippen LogP contribution in [0.15, 0.2) is 42.5 Å². The molecule has 2 aromatic rings. The maximum atomic E-state index is 12.8. The summed E-state index contributed by atoms with van der Waals surface area (Å²) < 4.78 is 0. The lowest BCUT2D eigenvalue weighted by Gasteiger charge is -2.27. The topological polar surface area (TPSA) is 57.6 Å². The molecular formula is C21H23NO3. The molecule has 1 saturated heterocycles. The van der Waals surface area contributed by atoms with E-state index in [0.29, 0.717) is 6.42 Å². The largest absolute Gasteiger partial charge is 0.478 e. The van der Waals surface area contributed by atoms with Crippen molar-refractivity contribution in [2.75, 3.05) is 6.54 Å². The van der Waals surface area contributed by atoms with Crippen LogP contribution in [0.2, 0.25) is 0 Å². The Bertz CT molecular complexity index is 795. The molecule has 0 radical (unpaired) electrons. The van der Waals surface area contributed by atoms with Crippen molar-refractivity contribution in [2.45, 2.75) is 39.2 Å². The van der Waals surface area contributed by atoms with Gasteiger partial charge in [-0.3, -0.25) is 4.79 Å². The molecule has 1 unspecified atom stereocenters. The normalized spacial score (nSPS) is 16.9. The van der Waals surface area contributed by atoms with E-state index in [4.69, 9.17) is 5.11 Å². The lowest BCUT2D eigenvalue weighted by molar-refractivity contribution is -0.131. The van der Waals surface area contributed by atoms with Crippen molar-refractivity contribution in [3.05, 3.63) is 70.3 Å². The predicted molar refractivity (Wildman–Crippen MR) is 96.7 cm³/mol. The maximum absolute atomic E-state index is 12.8. The Balaban J connectivity index is 1.76. The minimum Gasteiger partial charge on any atom is -0.478 e. The highest BCUT2D eigenvalue weighted by atomic mass is 16.4. The average Bonchev–Trinajstić information content (AvgIpc) is 3.07. The zero-order valence-corrected chi connectivity index (χ0v) is 14.7. The Morgan fingerprint density at radius 2 is 1.84 bits per heavy atom. The van der Waals surface area contributed by atoms with Gasteiger partial charge in [0.1, 0.15) is 0 Å². The SMILES string of the molecule is Cc1ccc(C)c(C2CCCN2C(=O)Cc2ccc(C(=O)O)cc2)c1. The molecule has 4 nitrogen and oxygen atoms in total. The number of hydrogen-bond donors (Lipinski definition) is 1. The van der Waals surface area contributed by atoms with Crippen LogP contribution in [0.25, 0.3) is 0 Å². The van der Waals surface area contributed by atoms with E-state index < -0.39 is 5.97 Å². The number of rotatable bonds is 4. The lowest BCUT2D eigenvalue weighted by Crippen LogP contribution is -2.32. The second-order valence-corrected chi connectivity index (χ2v) is 6.78. The van der Waals surface area contributed by atoms with E-state index in [-0.39, 0.29) is 17.5 Å². The number of amides is 1. The highest BCUT2D eigenvalue weighted by Crippen LogP contribution is 2.34. The summed E-state index contributed by atoms with van der Waals surface area (Å²) in [6.07, 6.45) is 2.32. The Morgan fingerprint density at radius 3 is 2.52 bits per heavy atom. The summed E-state index contributed by atoms with van der Waals surface area (Å²) in [7, 11) is 0. The molecule has 130 valence electrons. The summed E-state index contributed by atoms with van der Waals surface area (Å²) in [5, 5.41) is 8.96. The first-order valence-corrected chi connectivity index (χ1v) is 8.64. The monoisotopic (exact) mass is 337 g/mol. The molecule has 4 heteroatoms. The molecule has 3 rings (SSSR count). The Morgan fingerprint density at radius 1 is 1.12 bits per heavy atom. The molecule has 0 saturated carbocycles. The minimum absolute atomic E-state index is 0.103. The third-order valence-electron chi connectivity index (χ3n) is 4.92. The highest BCUT2D eigenvalue weighted by molar-refractivity contribution is 5.87. The van der Waals surface area contributed by atoms with Gasteiger partial charge in [0.05, 0.1) is 18.0 Å². The zero-order chi connectivity index (χ0) is 18.0. The smallest absolute Gasteiger partial charge is 0.335 e. The van der Waals surface area contributed by atoms with Crippen LogP contribution in [-0.2, 0) is 11.2 Å². The minimum atomic E-state index is -0.951. The first-order valence-electron chi connectivity index (χ1n) is 8.64. The van der Waals surface area contributed by atoms with Gasteiger partial charge in [-0.15, -0.1) is 0 Å². The van der Waals surface area contributed by atoms with Crippen LogP contribution in [0.1, 0.15) is 51.5 Å². The van der Waals surface area contributed by atoms with Crippen molar-refractivity contribution in [1.29, 1.82) is 0 Å². The number of carbonyl (C=O) groups excluding carboxylic acids is 1. The number of nitrogens with zero attached hydrogens (tertiary/aromatic N) is 1. The van der Waals surface area contributed by atoms with Crippen LogP contribution in [-0.4, -0.2) is 28.4 Å². The van der Waals surface area contributed by atoms with E-state index in [0.717, 1.165) is 24.9 Å². The number of aromatic carboxylic acids is 1. The summed E-state index contributed by atoms with van der Waals surface area (Å²) in [5.41, 5.74) is 4.77. The van der Waals surface area contributed by atoms with Gasteiger partial charge in [0.2, 0.25) is 5.91 Å². The van der Waals surface area contributed by atoms with Gasteiger partial charge in [0.25, 0.3) is 0 Å². The molecule has 0 aliphatic carbocycles. The van der Waals surface area contributed by atoms with E-state index in [1.807, 2.05) is 4.90 Å². The first-order chi connectivity index (χ1) is 12.0. The van der Waals surface area contributed by atoms with E-state index in [9.17, 15) is 9.59 Å². The molecule has 1 heterocycles. The molecule has 2 aromatic carbocycles. The Kier molecular flexibility index (Phi) is 4.88. The highest BCUT2D eigenvalue weighted by Gasteiger charge is 2.30. The van der Waals surface area contributed by atoms with Crippen molar-refractivity contribution >= 4 is 11.9 Å². The molecule has 1 atom stereocenters. The number of aryl methyl sites for hydroxylation is 2. The van der Waals surface area contributed by atoms with Gasteiger partial charge in [0.15, 0.2) is 0 Å². The second kappa shape index (κ2) is 7.09. The van der Waals surface area contributed by atoms with Crippen molar-refractivity contribution in [1.82, 2.24) is 4.90 Å². The van der Waals surface area contributed by atoms with Gasteiger partial charge in [-0.2, -0.15) is 0 Å². The molecule has 0 spiro atoms. The van der Waals surface area contributed by atoms with E-state index in [1.54, 1.807) is 24.3 Å². The van der Waals surface area contributed by atoms with Crippen LogP contribution < -0.4 is 0 Å². The fourth-order valence-corrected chi connectivity index (χ4v) is 3.55. The van der Waals surface area contributed by atoms with E-state index in [2.05, 4.69) is 32.0 Å². The zero-order valence-electron chi connectivity index (χ0n) is 14.7. The van der Waals surface area contributed by atoms with Gasteiger partial charge >= 0.3 is 5.97 Å². The fraction of sp³-hybridized carbons (Fsp3) is 0.333. The molecule has 1 aliphatic heterocycles. The quantitative estimate of drug-likeness (QED) is 0.920. The third kappa shape index (κ3) is 3.73. The van der Waals surface area contributed by atoms with Crippen molar-refractivity contribution in [2.24, 2.45) is 0 Å². The molecule has 1 N–H and O–H groups in total. The van der Waals surface area contributed by atoms with Gasteiger partial charge in [-0.1, -0.05) is 35.9 Å². The number of hydrogen-bond acceptors (Lipinski definition) is 2. The van der Waals surface area contributed by atoms with Crippen molar-refractivity contribution in [3.63, 3.8) is 0 Å². The van der Waals surface area contributed by atoms with E-state index in [1.165, 1.54) is 16.7 Å². The molecule has 0 bridgehead atoms. The molecular weight excluding hydrogens is 314 g/mol. The van der Waals surface area contributed by atoms with Crippen LogP contribution in [0.5, 0.6) is 0 Å². The number of carboxylic acids is 1. The van der Waals surface area contributed by atoms with Crippen LogP contribution in [0, 0.1) is 13.8 Å². The second-order valence-electron chi connectivity index (χ2n) is 6.78. The number of carboxylic acid groups (broad SMARTS) is 1. The summed E-state index contributed by atoms with van der Waals surface area (Å²) >= 11 is 0. The van der Waals surface area contributed by atoms with Gasteiger partial charge < -0.3 is 10.0 Å². The summed E-state index contributed by atoms with van der Waals surface area (Å²) in [6, 6.07) is 13.1. The first kappa shape index (κ1) is 17.2. The van der Waals surface area contributed by atoms with Crippen LogP contribution >= 0.6 is 0 Å². The Labute approximate surface area is 148 Å². The van der Waals surface area contributed by atoms with Crippen LogP contribution in [0.4, 0.5) is 0 Å². The number of benzene rings is 2. The van der Waals surface area contributed by atoms with Gasteiger partial charge in [-0.25, -0.2) is 4.79 Å². The maximum Gasteiger partial charge on any atom is 0.335 e. The van der Waals surface area contributed by atoms with Gasteiger partial charge in [-0.05, 0) is 55.5 Å². The summed E-state index contributed by atoms with van der Waals surface area (Å²) in [6.45, 7) is 4.96. The summed E-state index contributed by atoms with van der Waals surface area (Å²) in [5.74, 6) is -0.848. The number of carbonyl (C=O) groups is 2. The molecule has 0 aromatic heterocycles. The third-order valence-corrected chi connectivity index (χ3v) is 4.92. The lowest BCUT2D eigenvalue weighted by atomic mass is 9.97. The van der Waals surface area contributed by atoms with E-state index >= 15 is 0 Å². The van der Waals surface area contributed by atoms with Gasteiger partial charge in [0, 0.05) is 6.54 Å². The molecule has 1 amide bonds. The summed E-state index contributed by atoms with van der Waals surface area (Å²) in [4.78, 5) is 25.7. The number of likely N-dealkylation sites (tertiary alicyclic amines) is 1. The molecule has 1 aliphatic rings. The average molecular weight is 337 g/mol. The van der Waals surface area contributed by atoms with Crippen LogP contribution in [0.3, 0.4) is 0 Å².